The molecule has 2 atom stereocenters. The van der Waals surface area contributed by atoms with Crippen LogP contribution in [0.3, 0.4) is 0 Å². The maximum atomic E-state index is 5.66. The number of morpholine rings is 1. The van der Waals surface area contributed by atoms with Crippen LogP contribution in [0.2, 0.25) is 0 Å². The number of ether oxygens (including phenoxy) is 1. The van der Waals surface area contributed by atoms with Crippen molar-refractivity contribution in [3.05, 3.63) is 0 Å². The highest BCUT2D eigenvalue weighted by Gasteiger charge is 2.23. The predicted octanol–water partition coefficient (Wildman–Crippen LogP) is 1.77. The number of nitrogens with one attached hydrogen (secondary N) is 1. The van der Waals surface area contributed by atoms with Crippen molar-refractivity contribution < 1.29 is 4.74 Å². The Balaban J connectivity index is 2.31. The number of nitrogens with zero attached hydrogens (tertiary/aromatic N) is 1. The normalized spacial score (nSPS) is 26.5. The second kappa shape index (κ2) is 6.28. The third-order valence-corrected chi connectivity index (χ3v) is 2.92. The van der Waals surface area contributed by atoms with E-state index in [1.807, 2.05) is 0 Å². The first kappa shape index (κ1) is 12.7. The van der Waals surface area contributed by atoms with E-state index in [0.29, 0.717) is 0 Å². The minimum atomic E-state index is 0.277. The monoisotopic (exact) mass is 230 g/mol. The molecule has 0 aliphatic carbocycles. The van der Waals surface area contributed by atoms with E-state index in [1.54, 1.807) is 0 Å². The van der Waals surface area contributed by atoms with Crippen molar-refractivity contribution in [2.45, 2.75) is 45.8 Å². The van der Waals surface area contributed by atoms with E-state index in [2.05, 4.69) is 31.0 Å². The summed E-state index contributed by atoms with van der Waals surface area (Å²) < 4.78 is 5.66. The fourth-order valence-corrected chi connectivity index (χ4v) is 2.08. The maximum Gasteiger partial charge on any atom is 0.169 e. The van der Waals surface area contributed by atoms with E-state index in [-0.39, 0.29) is 12.2 Å². The van der Waals surface area contributed by atoms with Gasteiger partial charge in [0.1, 0.15) is 0 Å². The summed E-state index contributed by atoms with van der Waals surface area (Å²) in [5.41, 5.74) is 0. The van der Waals surface area contributed by atoms with Crippen LogP contribution in [0.5, 0.6) is 0 Å². The first-order valence-corrected chi connectivity index (χ1v) is 6.22. The van der Waals surface area contributed by atoms with Crippen LogP contribution in [-0.2, 0) is 4.74 Å². The lowest BCUT2D eigenvalue weighted by molar-refractivity contribution is -0.0481. The molecule has 0 bridgehead atoms. The van der Waals surface area contributed by atoms with Gasteiger partial charge < -0.3 is 15.0 Å². The van der Waals surface area contributed by atoms with Crippen molar-refractivity contribution in [1.82, 2.24) is 10.2 Å². The molecule has 4 heteroatoms. The van der Waals surface area contributed by atoms with Crippen LogP contribution < -0.4 is 5.32 Å². The van der Waals surface area contributed by atoms with Crippen molar-refractivity contribution in [3.8, 4) is 0 Å². The van der Waals surface area contributed by atoms with E-state index < -0.39 is 0 Å². The van der Waals surface area contributed by atoms with Crippen molar-refractivity contribution in [2.75, 3.05) is 19.6 Å². The van der Waals surface area contributed by atoms with E-state index >= 15 is 0 Å². The lowest BCUT2D eigenvalue weighted by Crippen LogP contribution is -2.51. The molecule has 88 valence electrons. The van der Waals surface area contributed by atoms with E-state index in [0.717, 1.165) is 24.7 Å². The third kappa shape index (κ3) is 4.34. The Bertz CT molecular complexity index is 201. The predicted molar refractivity (Wildman–Crippen MR) is 67.1 cm³/mol. The van der Waals surface area contributed by atoms with Gasteiger partial charge in [-0.2, -0.15) is 0 Å². The summed E-state index contributed by atoms with van der Waals surface area (Å²) in [6, 6.07) is 0. The summed E-state index contributed by atoms with van der Waals surface area (Å²) in [7, 11) is 0. The van der Waals surface area contributed by atoms with Crippen LogP contribution in [0, 0.1) is 0 Å². The van der Waals surface area contributed by atoms with Gasteiger partial charge in [0.25, 0.3) is 0 Å². The van der Waals surface area contributed by atoms with Crippen LogP contribution in [0.15, 0.2) is 0 Å². The molecular weight excluding hydrogens is 208 g/mol. The quantitative estimate of drug-likeness (QED) is 0.590. The number of hydrogen-bond donors (Lipinski definition) is 1. The molecular formula is C11H22N2OS. The van der Waals surface area contributed by atoms with Crippen molar-refractivity contribution in [2.24, 2.45) is 0 Å². The van der Waals surface area contributed by atoms with Gasteiger partial charge in [-0.15, -0.1) is 0 Å². The summed E-state index contributed by atoms with van der Waals surface area (Å²) >= 11 is 5.35. The smallest absolute Gasteiger partial charge is 0.169 e. The minimum absolute atomic E-state index is 0.277. The highest BCUT2D eigenvalue weighted by Crippen LogP contribution is 2.10. The van der Waals surface area contributed by atoms with Crippen LogP contribution in [0.25, 0.3) is 0 Å². The van der Waals surface area contributed by atoms with E-state index in [1.165, 1.54) is 12.8 Å². The van der Waals surface area contributed by atoms with Crippen molar-refractivity contribution >= 4 is 17.3 Å². The first-order valence-electron chi connectivity index (χ1n) is 5.81. The van der Waals surface area contributed by atoms with Crippen LogP contribution in [-0.4, -0.2) is 41.9 Å². The Morgan fingerprint density at radius 2 is 2.00 bits per heavy atom. The highest BCUT2D eigenvalue weighted by molar-refractivity contribution is 7.80. The van der Waals surface area contributed by atoms with Gasteiger partial charge in [0.05, 0.1) is 12.2 Å². The maximum absolute atomic E-state index is 5.66. The standard InChI is InChI=1S/C11H22N2OS/c1-4-5-6-12-11(15)13-7-9(2)14-10(3)8-13/h9-10H,4-8H2,1-3H3,(H,12,15). The zero-order chi connectivity index (χ0) is 11.3. The lowest BCUT2D eigenvalue weighted by Gasteiger charge is -2.36. The van der Waals surface area contributed by atoms with Gasteiger partial charge in [-0.05, 0) is 32.5 Å². The zero-order valence-corrected chi connectivity index (χ0v) is 10.8. The summed E-state index contributed by atoms with van der Waals surface area (Å²) in [6.07, 6.45) is 2.93. The molecule has 1 aliphatic heterocycles. The van der Waals surface area contributed by atoms with E-state index in [9.17, 15) is 0 Å². The Kier molecular flexibility index (Phi) is 5.32. The first-order chi connectivity index (χ1) is 7.13. The largest absolute Gasteiger partial charge is 0.372 e. The molecule has 0 aromatic heterocycles. The van der Waals surface area contributed by atoms with Crippen molar-refractivity contribution in [3.63, 3.8) is 0 Å². The zero-order valence-electron chi connectivity index (χ0n) is 9.95. The number of thiocarbonyl (C=S) groups is 1. The summed E-state index contributed by atoms with van der Waals surface area (Å²) in [5.74, 6) is 0. The molecule has 2 unspecified atom stereocenters. The molecule has 0 aromatic rings. The molecule has 1 rings (SSSR count). The molecule has 0 spiro atoms. The SMILES string of the molecule is CCCCNC(=S)N1CC(C)OC(C)C1. The third-order valence-electron chi connectivity index (χ3n) is 2.51. The summed E-state index contributed by atoms with van der Waals surface area (Å²) in [5, 5.41) is 4.18. The summed E-state index contributed by atoms with van der Waals surface area (Å²) in [4.78, 5) is 2.21. The van der Waals surface area contributed by atoms with Gasteiger partial charge in [0.2, 0.25) is 0 Å². The van der Waals surface area contributed by atoms with Gasteiger partial charge in [-0.1, -0.05) is 13.3 Å². The molecule has 1 heterocycles. The fourth-order valence-electron chi connectivity index (χ4n) is 1.83. The lowest BCUT2D eigenvalue weighted by atomic mass is 10.2. The van der Waals surface area contributed by atoms with Crippen molar-refractivity contribution in [1.29, 1.82) is 0 Å². The van der Waals surface area contributed by atoms with Gasteiger partial charge in [-0.25, -0.2) is 0 Å². The van der Waals surface area contributed by atoms with Gasteiger partial charge in [0, 0.05) is 19.6 Å². The summed E-state index contributed by atoms with van der Waals surface area (Å²) in [6.45, 7) is 9.16. The molecule has 0 saturated carbocycles. The van der Waals surface area contributed by atoms with Crippen LogP contribution in [0.4, 0.5) is 0 Å². The second-order valence-electron chi connectivity index (χ2n) is 4.25. The van der Waals surface area contributed by atoms with E-state index in [4.69, 9.17) is 17.0 Å². The molecule has 1 N–H and O–H groups in total. The second-order valence-corrected chi connectivity index (χ2v) is 4.63. The van der Waals surface area contributed by atoms with Crippen LogP contribution >= 0.6 is 12.2 Å². The Hall–Kier alpha value is -0.350. The Morgan fingerprint density at radius 1 is 1.40 bits per heavy atom. The fraction of sp³-hybridized carbons (Fsp3) is 0.909. The Morgan fingerprint density at radius 3 is 2.53 bits per heavy atom. The number of rotatable bonds is 3. The average molecular weight is 230 g/mol. The Labute approximate surface area is 98.2 Å². The molecule has 1 aliphatic rings. The molecule has 1 fully saturated rings. The molecule has 3 nitrogen and oxygen atoms in total. The molecule has 1 saturated heterocycles. The highest BCUT2D eigenvalue weighted by atomic mass is 32.1. The van der Waals surface area contributed by atoms with Gasteiger partial charge in [0.15, 0.2) is 5.11 Å². The molecule has 0 amide bonds. The minimum Gasteiger partial charge on any atom is -0.372 e. The average Bonchev–Trinajstić information content (AvgIpc) is 2.16. The van der Waals surface area contributed by atoms with Crippen LogP contribution in [0.1, 0.15) is 33.6 Å². The topological polar surface area (TPSA) is 24.5 Å². The number of unbranched alkanes of at least 4 members (excludes halogenated alkanes) is 1. The molecule has 0 aromatic carbocycles. The van der Waals surface area contributed by atoms with Gasteiger partial charge >= 0.3 is 0 Å². The molecule has 0 radical (unpaired) electrons. The number of hydrogen-bond acceptors (Lipinski definition) is 2. The molecule has 15 heavy (non-hydrogen) atoms. The van der Waals surface area contributed by atoms with Gasteiger partial charge in [-0.3, -0.25) is 0 Å².